The molecule has 0 saturated carbocycles. The molecule has 2 atom stereocenters. The Labute approximate surface area is 174 Å². The molecule has 5 rings (SSSR count). The van der Waals surface area contributed by atoms with Crippen molar-refractivity contribution in [2.24, 2.45) is 0 Å². The fraction of sp³-hybridized carbons (Fsp3) is 0.250. The number of fused-ring (bicyclic) bond motifs is 1. The number of anilines is 1. The van der Waals surface area contributed by atoms with Crippen molar-refractivity contribution in [1.82, 2.24) is 5.16 Å². The summed E-state index contributed by atoms with van der Waals surface area (Å²) in [5.74, 6) is 1.47. The molecule has 0 radical (unpaired) electrons. The number of carbonyl (C=O) groups is 1. The third kappa shape index (κ3) is 2.96. The van der Waals surface area contributed by atoms with Gasteiger partial charge in [0, 0.05) is 23.6 Å². The lowest BCUT2D eigenvalue weighted by molar-refractivity contribution is -0.116. The van der Waals surface area contributed by atoms with E-state index >= 15 is 0 Å². The van der Waals surface area contributed by atoms with Crippen molar-refractivity contribution in [3.05, 3.63) is 82.2 Å². The van der Waals surface area contributed by atoms with Crippen molar-refractivity contribution in [2.75, 3.05) is 12.4 Å². The number of aromatic nitrogens is 1. The molecule has 0 amide bonds. The number of carbonyl (C=O) groups excluding carboxylic acids is 1. The molecule has 30 heavy (non-hydrogen) atoms. The second kappa shape index (κ2) is 7.06. The van der Waals surface area contributed by atoms with Gasteiger partial charge in [0.15, 0.2) is 5.78 Å². The summed E-state index contributed by atoms with van der Waals surface area (Å²) in [5.41, 5.74) is 5.33. The van der Waals surface area contributed by atoms with Crippen LogP contribution in [0.4, 0.5) is 5.88 Å². The number of nitrogens with one attached hydrogen (secondary N) is 1. The van der Waals surface area contributed by atoms with E-state index in [0.717, 1.165) is 39.4 Å². The highest BCUT2D eigenvalue weighted by Gasteiger charge is 2.41. The highest BCUT2D eigenvalue weighted by Crippen LogP contribution is 2.49. The van der Waals surface area contributed by atoms with Crippen molar-refractivity contribution >= 4 is 11.7 Å². The van der Waals surface area contributed by atoms with Gasteiger partial charge in [-0.25, -0.2) is 0 Å². The van der Waals surface area contributed by atoms with Crippen LogP contribution in [0.25, 0.3) is 0 Å². The van der Waals surface area contributed by atoms with Crippen LogP contribution in [0.1, 0.15) is 47.1 Å². The van der Waals surface area contributed by atoms with Gasteiger partial charge in [-0.05, 0) is 54.7 Å². The second-order valence-electron chi connectivity index (χ2n) is 7.86. The molecule has 2 aromatic carbocycles. The quantitative estimate of drug-likeness (QED) is 0.663. The molecule has 0 bridgehead atoms. The van der Waals surface area contributed by atoms with Gasteiger partial charge >= 0.3 is 0 Å². The number of benzene rings is 2. The predicted octanol–water partition coefficient (Wildman–Crippen LogP) is 4.66. The average Bonchev–Trinajstić information content (AvgIpc) is 3.13. The number of hydrogen-bond acceptors (Lipinski definition) is 6. The lowest BCUT2D eigenvalue weighted by Gasteiger charge is -2.34. The van der Waals surface area contributed by atoms with Crippen LogP contribution < -0.4 is 10.1 Å². The first kappa shape index (κ1) is 18.5. The summed E-state index contributed by atoms with van der Waals surface area (Å²) in [6.45, 7) is 1.90. The fourth-order valence-electron chi connectivity index (χ4n) is 4.61. The SMILES string of the molecule is COc1cccc([C@H]2C3=C(C[C@@H](c4ccc(O)cc4)CC3=O)Nc3onc(C)c32)c1. The van der Waals surface area contributed by atoms with Gasteiger partial charge in [-0.3, -0.25) is 4.79 Å². The molecule has 6 nitrogen and oxygen atoms in total. The standard InChI is InChI=1S/C24H22N2O4/c1-13-21-22(15-4-3-5-18(10-15)29-2)23-19(25-24(21)30-26-13)11-16(12-20(23)28)14-6-8-17(27)9-7-14/h3-10,16,22,25,27H,11-12H2,1-2H3/t16-,22-/m1/s1. The number of rotatable bonds is 3. The van der Waals surface area contributed by atoms with Crippen molar-refractivity contribution < 1.29 is 19.2 Å². The molecular formula is C24H22N2O4. The van der Waals surface area contributed by atoms with Crippen molar-refractivity contribution in [1.29, 1.82) is 0 Å². The Balaban J connectivity index is 1.61. The van der Waals surface area contributed by atoms with Crippen LogP contribution in [-0.2, 0) is 4.79 Å². The normalized spacial score (nSPS) is 20.4. The summed E-state index contributed by atoms with van der Waals surface area (Å²) < 4.78 is 11.0. The molecule has 2 aliphatic rings. The number of Topliss-reactive ketones (excluding diaryl/α,β-unsaturated/α-hetero) is 1. The summed E-state index contributed by atoms with van der Waals surface area (Å²) in [7, 11) is 1.64. The third-order valence-electron chi connectivity index (χ3n) is 6.05. The number of aryl methyl sites for hydroxylation is 1. The first-order valence-electron chi connectivity index (χ1n) is 9.97. The maximum absolute atomic E-state index is 13.4. The van der Waals surface area contributed by atoms with Crippen LogP contribution in [0.5, 0.6) is 11.5 Å². The van der Waals surface area contributed by atoms with Gasteiger partial charge in [0.05, 0.1) is 18.4 Å². The van der Waals surface area contributed by atoms with Crippen LogP contribution in [-0.4, -0.2) is 23.2 Å². The van der Waals surface area contributed by atoms with E-state index in [1.807, 2.05) is 43.3 Å². The number of nitrogens with zero attached hydrogens (tertiary/aromatic N) is 1. The van der Waals surface area contributed by atoms with E-state index in [9.17, 15) is 9.90 Å². The Bertz CT molecular complexity index is 1160. The molecule has 0 spiro atoms. The number of ketones is 1. The zero-order valence-corrected chi connectivity index (χ0v) is 16.8. The van der Waals surface area contributed by atoms with E-state index in [0.29, 0.717) is 18.7 Å². The Kier molecular flexibility index (Phi) is 4.35. The van der Waals surface area contributed by atoms with E-state index in [2.05, 4.69) is 10.5 Å². The molecule has 1 aliphatic carbocycles. The lowest BCUT2D eigenvalue weighted by atomic mass is 9.72. The Morgan fingerprint density at radius 1 is 1.13 bits per heavy atom. The molecule has 0 fully saturated rings. The van der Waals surface area contributed by atoms with Gasteiger partial charge in [-0.2, -0.15) is 0 Å². The number of aromatic hydroxyl groups is 1. The predicted molar refractivity (Wildman–Crippen MR) is 112 cm³/mol. The Hall–Kier alpha value is -3.54. The van der Waals surface area contributed by atoms with E-state index in [-0.39, 0.29) is 23.4 Å². The first-order chi connectivity index (χ1) is 14.5. The van der Waals surface area contributed by atoms with Crippen LogP contribution in [0, 0.1) is 6.92 Å². The molecule has 0 unspecified atom stereocenters. The maximum Gasteiger partial charge on any atom is 0.233 e. The first-order valence-corrected chi connectivity index (χ1v) is 9.97. The number of ether oxygens (including phenoxy) is 1. The molecule has 6 heteroatoms. The number of phenols is 1. The highest BCUT2D eigenvalue weighted by atomic mass is 16.5. The van der Waals surface area contributed by atoms with E-state index < -0.39 is 0 Å². The zero-order valence-electron chi connectivity index (χ0n) is 16.8. The zero-order chi connectivity index (χ0) is 20.8. The molecule has 0 saturated heterocycles. The molecule has 2 heterocycles. The summed E-state index contributed by atoms with van der Waals surface area (Å²) in [5, 5.41) is 17.1. The minimum absolute atomic E-state index is 0.0425. The second-order valence-corrected chi connectivity index (χ2v) is 7.86. The maximum atomic E-state index is 13.4. The van der Waals surface area contributed by atoms with Gasteiger partial charge in [-0.1, -0.05) is 29.4 Å². The van der Waals surface area contributed by atoms with Crippen molar-refractivity contribution in [3.8, 4) is 11.5 Å². The highest BCUT2D eigenvalue weighted by molar-refractivity contribution is 6.01. The van der Waals surface area contributed by atoms with E-state index in [1.54, 1.807) is 19.2 Å². The Morgan fingerprint density at radius 3 is 2.70 bits per heavy atom. The minimum Gasteiger partial charge on any atom is -0.508 e. The Morgan fingerprint density at radius 2 is 1.93 bits per heavy atom. The molecule has 2 N–H and O–H groups in total. The van der Waals surface area contributed by atoms with Gasteiger partial charge in [-0.15, -0.1) is 0 Å². The summed E-state index contributed by atoms with van der Waals surface area (Å²) in [6.07, 6.45) is 1.11. The fourth-order valence-corrected chi connectivity index (χ4v) is 4.61. The third-order valence-corrected chi connectivity index (χ3v) is 6.05. The molecule has 3 aromatic rings. The van der Waals surface area contributed by atoms with Gasteiger partial charge in [0.1, 0.15) is 11.5 Å². The summed E-state index contributed by atoms with van der Waals surface area (Å²) in [4.78, 5) is 13.4. The van der Waals surface area contributed by atoms with Gasteiger partial charge < -0.3 is 19.7 Å². The topological polar surface area (TPSA) is 84.6 Å². The van der Waals surface area contributed by atoms with Crippen molar-refractivity contribution in [2.45, 2.75) is 31.6 Å². The van der Waals surface area contributed by atoms with Crippen LogP contribution >= 0.6 is 0 Å². The van der Waals surface area contributed by atoms with E-state index in [1.165, 1.54) is 0 Å². The molecule has 1 aromatic heterocycles. The number of methoxy groups -OCH3 is 1. The van der Waals surface area contributed by atoms with Gasteiger partial charge in [0.25, 0.3) is 0 Å². The van der Waals surface area contributed by atoms with Crippen LogP contribution in [0.2, 0.25) is 0 Å². The number of allylic oxidation sites excluding steroid dienone is 2. The molecule has 152 valence electrons. The van der Waals surface area contributed by atoms with Gasteiger partial charge in [0.2, 0.25) is 5.88 Å². The van der Waals surface area contributed by atoms with Crippen molar-refractivity contribution in [3.63, 3.8) is 0 Å². The number of hydrogen-bond donors (Lipinski definition) is 2. The molecular weight excluding hydrogens is 380 g/mol. The largest absolute Gasteiger partial charge is 0.508 e. The van der Waals surface area contributed by atoms with E-state index in [4.69, 9.17) is 9.26 Å². The number of phenolic OH excluding ortho intramolecular Hbond substituents is 1. The lowest BCUT2D eigenvalue weighted by Crippen LogP contribution is -2.29. The van der Waals surface area contributed by atoms with Crippen LogP contribution in [0.15, 0.2) is 64.3 Å². The summed E-state index contributed by atoms with van der Waals surface area (Å²) in [6, 6.07) is 14.9. The minimum atomic E-state index is -0.245. The summed E-state index contributed by atoms with van der Waals surface area (Å²) >= 11 is 0. The van der Waals surface area contributed by atoms with Crippen LogP contribution in [0.3, 0.4) is 0 Å². The monoisotopic (exact) mass is 402 g/mol. The smallest absolute Gasteiger partial charge is 0.233 e. The molecule has 1 aliphatic heterocycles. The average molecular weight is 402 g/mol.